The average Bonchev–Trinajstić information content (AvgIpc) is 2.96. The number of nitrogens with zero attached hydrogens (tertiary/aromatic N) is 2. The van der Waals surface area contributed by atoms with E-state index in [0.29, 0.717) is 24.8 Å². The smallest absolute Gasteiger partial charge is 0.310 e. The van der Waals surface area contributed by atoms with Crippen molar-refractivity contribution in [3.05, 3.63) is 30.1 Å². The number of methoxy groups -OCH3 is 1. The molecule has 6 nitrogen and oxygen atoms in total. The van der Waals surface area contributed by atoms with Gasteiger partial charge in [-0.25, -0.2) is 4.39 Å². The highest BCUT2D eigenvalue weighted by atomic mass is 127. The zero-order chi connectivity index (χ0) is 18.4. The van der Waals surface area contributed by atoms with Crippen LogP contribution in [0.2, 0.25) is 0 Å². The van der Waals surface area contributed by atoms with E-state index in [1.807, 2.05) is 18.7 Å². The van der Waals surface area contributed by atoms with Crippen molar-refractivity contribution in [2.75, 3.05) is 33.8 Å². The Bertz CT molecular complexity index is 629. The summed E-state index contributed by atoms with van der Waals surface area (Å²) in [5, 5.41) is 3.25. The van der Waals surface area contributed by atoms with Crippen LogP contribution in [-0.2, 0) is 9.53 Å². The zero-order valence-corrected chi connectivity index (χ0v) is 17.9. The number of ether oxygens (including phenoxy) is 2. The maximum absolute atomic E-state index is 13.2. The van der Waals surface area contributed by atoms with Gasteiger partial charge in [0.05, 0.1) is 19.6 Å². The summed E-state index contributed by atoms with van der Waals surface area (Å²) in [4.78, 5) is 18.1. The number of halogens is 2. The number of hydrogen-bond donors (Lipinski definition) is 1. The molecule has 1 aliphatic rings. The first kappa shape index (κ1) is 22.5. The number of likely N-dealkylation sites (tertiary alicyclic amines) is 1. The second-order valence-electron chi connectivity index (χ2n) is 6.33. The van der Waals surface area contributed by atoms with Crippen LogP contribution in [0.3, 0.4) is 0 Å². The predicted octanol–water partition coefficient (Wildman–Crippen LogP) is 2.53. The quantitative estimate of drug-likeness (QED) is 0.305. The summed E-state index contributed by atoms with van der Waals surface area (Å²) >= 11 is 0. The average molecular weight is 479 g/mol. The van der Waals surface area contributed by atoms with Crippen LogP contribution in [0.4, 0.5) is 4.39 Å². The Morgan fingerprint density at radius 2 is 2.19 bits per heavy atom. The minimum atomic E-state index is -0.326. The van der Waals surface area contributed by atoms with Crippen molar-refractivity contribution in [1.82, 2.24) is 10.2 Å². The standard InChI is InChI=1S/C18H26FN3O3.HI/c1-12-10-22(11-16(12)17(23)24-4)18(20-3)21-9-13(2)25-15-7-5-6-14(19)8-15;/h5-8,12-13,16H,9-11H2,1-4H3,(H,20,21);1H. The molecule has 0 saturated carbocycles. The van der Waals surface area contributed by atoms with E-state index in [-0.39, 0.29) is 53.7 Å². The Balaban J connectivity index is 0.00000338. The summed E-state index contributed by atoms with van der Waals surface area (Å²) in [6, 6.07) is 6.07. The van der Waals surface area contributed by atoms with E-state index in [2.05, 4.69) is 10.3 Å². The Kier molecular flexibility index (Phi) is 9.11. The van der Waals surface area contributed by atoms with Crippen LogP contribution in [-0.4, -0.2) is 56.7 Å². The molecule has 0 bridgehead atoms. The number of carbonyl (C=O) groups is 1. The fraction of sp³-hybridized carbons (Fsp3) is 0.556. The third kappa shape index (κ3) is 6.00. The first-order valence-electron chi connectivity index (χ1n) is 8.40. The van der Waals surface area contributed by atoms with Crippen molar-refractivity contribution in [2.24, 2.45) is 16.8 Å². The number of aliphatic imine (C=N–C) groups is 1. The van der Waals surface area contributed by atoms with Gasteiger partial charge >= 0.3 is 5.97 Å². The monoisotopic (exact) mass is 479 g/mol. The van der Waals surface area contributed by atoms with Gasteiger partial charge in [-0.1, -0.05) is 13.0 Å². The SMILES string of the molecule is CN=C(NCC(C)Oc1cccc(F)c1)N1CC(C)C(C(=O)OC)C1.I. The molecular formula is C18H27FIN3O3. The van der Waals surface area contributed by atoms with Gasteiger partial charge in [-0.05, 0) is 25.0 Å². The number of carbonyl (C=O) groups excluding carboxylic acids is 1. The largest absolute Gasteiger partial charge is 0.489 e. The van der Waals surface area contributed by atoms with E-state index in [1.54, 1.807) is 19.2 Å². The zero-order valence-electron chi connectivity index (χ0n) is 15.6. The maximum Gasteiger partial charge on any atom is 0.310 e. The van der Waals surface area contributed by atoms with Crippen molar-refractivity contribution in [1.29, 1.82) is 0 Å². The summed E-state index contributed by atoms with van der Waals surface area (Å²) in [7, 11) is 3.12. The van der Waals surface area contributed by atoms with Gasteiger partial charge in [-0.15, -0.1) is 24.0 Å². The van der Waals surface area contributed by atoms with Gasteiger partial charge < -0.3 is 19.7 Å². The van der Waals surface area contributed by atoms with Gasteiger partial charge in [0.25, 0.3) is 0 Å². The highest BCUT2D eigenvalue weighted by molar-refractivity contribution is 14.0. The Labute approximate surface area is 171 Å². The van der Waals surface area contributed by atoms with Gasteiger partial charge in [0.2, 0.25) is 0 Å². The molecule has 2 rings (SSSR count). The first-order chi connectivity index (χ1) is 11.9. The second kappa shape index (κ2) is 10.5. The van der Waals surface area contributed by atoms with E-state index < -0.39 is 0 Å². The predicted molar refractivity (Wildman–Crippen MR) is 110 cm³/mol. The van der Waals surface area contributed by atoms with E-state index in [0.717, 1.165) is 6.54 Å². The molecule has 0 spiro atoms. The molecule has 1 aromatic rings. The lowest BCUT2D eigenvalue weighted by molar-refractivity contribution is -0.145. The molecule has 1 aromatic carbocycles. The molecular weight excluding hydrogens is 452 g/mol. The summed E-state index contributed by atoms with van der Waals surface area (Å²) in [6.07, 6.45) is -0.171. The van der Waals surface area contributed by atoms with Crippen molar-refractivity contribution in [2.45, 2.75) is 20.0 Å². The Hall–Kier alpha value is -1.58. The lowest BCUT2D eigenvalue weighted by Crippen LogP contribution is -2.44. The third-order valence-electron chi connectivity index (χ3n) is 4.31. The minimum Gasteiger partial charge on any atom is -0.489 e. The van der Waals surface area contributed by atoms with Crippen LogP contribution >= 0.6 is 24.0 Å². The fourth-order valence-electron chi connectivity index (χ4n) is 2.98. The van der Waals surface area contributed by atoms with Crippen molar-refractivity contribution in [3.8, 4) is 5.75 Å². The normalized spacial score (nSPS) is 21.0. The van der Waals surface area contributed by atoms with Gasteiger partial charge in [-0.3, -0.25) is 9.79 Å². The summed E-state index contributed by atoms with van der Waals surface area (Å²) in [5.74, 6) is 0.746. The number of nitrogens with one attached hydrogen (secondary N) is 1. The molecule has 0 aromatic heterocycles. The molecule has 0 radical (unpaired) electrons. The van der Waals surface area contributed by atoms with Crippen LogP contribution in [0.15, 0.2) is 29.3 Å². The van der Waals surface area contributed by atoms with Gasteiger partial charge in [0.15, 0.2) is 5.96 Å². The molecule has 1 aliphatic heterocycles. The highest BCUT2D eigenvalue weighted by Gasteiger charge is 2.36. The van der Waals surface area contributed by atoms with E-state index >= 15 is 0 Å². The van der Waals surface area contributed by atoms with Gasteiger partial charge in [0, 0.05) is 26.2 Å². The first-order valence-corrected chi connectivity index (χ1v) is 8.40. The van der Waals surface area contributed by atoms with Crippen LogP contribution in [0.5, 0.6) is 5.75 Å². The third-order valence-corrected chi connectivity index (χ3v) is 4.31. The molecule has 1 N–H and O–H groups in total. The Morgan fingerprint density at radius 3 is 2.81 bits per heavy atom. The van der Waals surface area contributed by atoms with Gasteiger partial charge in [0.1, 0.15) is 17.7 Å². The molecule has 8 heteroatoms. The molecule has 1 heterocycles. The maximum atomic E-state index is 13.2. The topological polar surface area (TPSA) is 63.2 Å². The minimum absolute atomic E-state index is 0. The Morgan fingerprint density at radius 1 is 1.46 bits per heavy atom. The molecule has 1 fully saturated rings. The van der Waals surface area contributed by atoms with Gasteiger partial charge in [-0.2, -0.15) is 0 Å². The molecule has 0 aliphatic carbocycles. The van der Waals surface area contributed by atoms with Crippen LogP contribution in [0, 0.1) is 17.7 Å². The summed E-state index contributed by atoms with van der Waals surface area (Å²) in [5.41, 5.74) is 0. The number of rotatable bonds is 5. The van der Waals surface area contributed by atoms with Crippen LogP contribution in [0.25, 0.3) is 0 Å². The molecule has 0 amide bonds. The van der Waals surface area contributed by atoms with Crippen molar-refractivity contribution in [3.63, 3.8) is 0 Å². The van der Waals surface area contributed by atoms with Crippen LogP contribution < -0.4 is 10.1 Å². The molecule has 26 heavy (non-hydrogen) atoms. The highest BCUT2D eigenvalue weighted by Crippen LogP contribution is 2.24. The van der Waals surface area contributed by atoms with E-state index in [1.165, 1.54) is 19.2 Å². The number of guanidine groups is 1. The molecule has 1 saturated heterocycles. The lowest BCUT2D eigenvalue weighted by Gasteiger charge is -2.23. The lowest BCUT2D eigenvalue weighted by atomic mass is 9.99. The second-order valence-corrected chi connectivity index (χ2v) is 6.33. The van der Waals surface area contributed by atoms with E-state index in [4.69, 9.17) is 9.47 Å². The van der Waals surface area contributed by atoms with E-state index in [9.17, 15) is 9.18 Å². The molecule has 146 valence electrons. The van der Waals surface area contributed by atoms with Crippen LogP contribution in [0.1, 0.15) is 13.8 Å². The van der Waals surface area contributed by atoms with Crippen molar-refractivity contribution < 1.29 is 18.7 Å². The number of esters is 1. The number of benzene rings is 1. The number of hydrogen-bond acceptors (Lipinski definition) is 4. The fourth-order valence-corrected chi connectivity index (χ4v) is 2.98. The molecule has 3 unspecified atom stereocenters. The summed E-state index contributed by atoms with van der Waals surface area (Å²) in [6.45, 7) is 5.75. The molecule has 3 atom stereocenters. The van der Waals surface area contributed by atoms with Crippen molar-refractivity contribution >= 4 is 35.9 Å². The summed E-state index contributed by atoms with van der Waals surface area (Å²) < 4.78 is 23.8.